The lowest BCUT2D eigenvalue weighted by Gasteiger charge is -2.15. The first-order valence-corrected chi connectivity index (χ1v) is 7.56. The van der Waals surface area contributed by atoms with Crippen LogP contribution < -0.4 is 4.72 Å². The van der Waals surface area contributed by atoms with Crippen LogP contribution in [0.3, 0.4) is 0 Å². The van der Waals surface area contributed by atoms with Crippen LogP contribution in [0.15, 0.2) is 27.6 Å². The SMILES string of the molecule is COC(=O)C(CO)NS(=O)(=O)c1cc(Br)ccc1C. The minimum absolute atomic E-state index is 0.0317. The Kier molecular flexibility index (Phi) is 5.48. The standard InChI is InChI=1S/C11H14BrNO5S/c1-7-3-4-8(12)5-10(7)19(16,17)13-9(6-14)11(15)18-2/h3-5,9,13-14H,6H2,1-2H3. The number of methoxy groups -OCH3 is 1. The predicted molar refractivity (Wildman–Crippen MR) is 72.1 cm³/mol. The molecule has 1 rings (SSSR count). The van der Waals surface area contributed by atoms with Crippen molar-refractivity contribution in [1.29, 1.82) is 0 Å². The maximum absolute atomic E-state index is 12.1. The summed E-state index contributed by atoms with van der Waals surface area (Å²) in [7, 11) is -2.81. The summed E-state index contributed by atoms with van der Waals surface area (Å²) in [5.41, 5.74) is 0.525. The topological polar surface area (TPSA) is 92.7 Å². The van der Waals surface area contributed by atoms with E-state index in [4.69, 9.17) is 5.11 Å². The van der Waals surface area contributed by atoms with Gasteiger partial charge in [-0.25, -0.2) is 8.42 Å². The predicted octanol–water partition coefficient (Wildman–Crippen LogP) is 0.570. The van der Waals surface area contributed by atoms with Crippen molar-refractivity contribution in [3.63, 3.8) is 0 Å². The van der Waals surface area contributed by atoms with Crippen molar-refractivity contribution in [2.75, 3.05) is 13.7 Å². The largest absolute Gasteiger partial charge is 0.468 e. The highest BCUT2D eigenvalue weighted by Gasteiger charge is 2.26. The number of aliphatic hydroxyl groups is 1. The maximum atomic E-state index is 12.1. The summed E-state index contributed by atoms with van der Waals surface area (Å²) in [5, 5.41) is 9.02. The van der Waals surface area contributed by atoms with Crippen molar-refractivity contribution >= 4 is 31.9 Å². The van der Waals surface area contributed by atoms with E-state index < -0.39 is 28.6 Å². The number of sulfonamides is 1. The first kappa shape index (κ1) is 16.1. The number of halogens is 1. The van der Waals surface area contributed by atoms with Crippen molar-refractivity contribution < 1.29 is 23.1 Å². The van der Waals surface area contributed by atoms with Gasteiger partial charge in [0.05, 0.1) is 18.6 Å². The van der Waals surface area contributed by atoms with Gasteiger partial charge in [-0.2, -0.15) is 4.72 Å². The summed E-state index contributed by atoms with van der Waals surface area (Å²) in [6.07, 6.45) is 0. The van der Waals surface area contributed by atoms with Gasteiger partial charge < -0.3 is 9.84 Å². The Morgan fingerprint density at radius 3 is 2.68 bits per heavy atom. The Bertz CT molecular complexity index is 572. The van der Waals surface area contributed by atoms with Crippen molar-refractivity contribution in [1.82, 2.24) is 4.72 Å². The molecule has 0 amide bonds. The molecule has 106 valence electrons. The molecule has 2 N–H and O–H groups in total. The van der Waals surface area contributed by atoms with E-state index in [1.807, 2.05) is 0 Å². The van der Waals surface area contributed by atoms with E-state index in [1.165, 1.54) is 6.07 Å². The smallest absolute Gasteiger partial charge is 0.326 e. The third-order valence-electron chi connectivity index (χ3n) is 2.41. The zero-order valence-corrected chi connectivity index (χ0v) is 12.8. The number of carbonyl (C=O) groups is 1. The van der Waals surface area contributed by atoms with Crippen LogP contribution >= 0.6 is 15.9 Å². The van der Waals surface area contributed by atoms with Gasteiger partial charge in [0.15, 0.2) is 0 Å². The lowest BCUT2D eigenvalue weighted by Crippen LogP contribution is -2.44. The molecule has 0 bridgehead atoms. The molecule has 0 radical (unpaired) electrons. The fourth-order valence-corrected chi connectivity index (χ4v) is 3.38. The lowest BCUT2D eigenvalue weighted by molar-refractivity contribution is -0.143. The Morgan fingerprint density at radius 1 is 1.53 bits per heavy atom. The highest BCUT2D eigenvalue weighted by atomic mass is 79.9. The number of nitrogens with one attached hydrogen (secondary N) is 1. The normalized spacial score (nSPS) is 13.1. The van der Waals surface area contributed by atoms with E-state index in [0.717, 1.165) is 7.11 Å². The van der Waals surface area contributed by atoms with Crippen molar-refractivity contribution in [3.8, 4) is 0 Å². The van der Waals surface area contributed by atoms with E-state index >= 15 is 0 Å². The molecule has 0 saturated heterocycles. The van der Waals surface area contributed by atoms with Gasteiger partial charge in [-0.3, -0.25) is 4.79 Å². The molecule has 1 unspecified atom stereocenters. The number of ether oxygens (including phenoxy) is 1. The lowest BCUT2D eigenvalue weighted by atomic mass is 10.2. The Morgan fingerprint density at radius 2 is 2.16 bits per heavy atom. The van der Waals surface area contributed by atoms with Crippen LogP contribution in [-0.2, 0) is 19.6 Å². The summed E-state index contributed by atoms with van der Waals surface area (Å²) >= 11 is 3.18. The quantitative estimate of drug-likeness (QED) is 0.756. The summed E-state index contributed by atoms with van der Waals surface area (Å²) in [6, 6.07) is 3.43. The molecular weight excluding hydrogens is 338 g/mol. The second kappa shape index (κ2) is 6.47. The second-order valence-electron chi connectivity index (χ2n) is 3.79. The molecule has 0 aromatic heterocycles. The molecule has 1 aromatic rings. The van der Waals surface area contributed by atoms with Crippen molar-refractivity contribution in [2.45, 2.75) is 17.9 Å². The number of carbonyl (C=O) groups excluding carboxylic acids is 1. The molecule has 0 spiro atoms. The number of hydrogen-bond donors (Lipinski definition) is 2. The Balaban J connectivity index is 3.10. The van der Waals surface area contributed by atoms with E-state index in [0.29, 0.717) is 10.0 Å². The molecule has 0 aliphatic rings. The van der Waals surface area contributed by atoms with Crippen LogP contribution in [0.4, 0.5) is 0 Å². The van der Waals surface area contributed by atoms with Gasteiger partial charge in [-0.05, 0) is 24.6 Å². The van der Waals surface area contributed by atoms with Gasteiger partial charge in [0.2, 0.25) is 10.0 Å². The van der Waals surface area contributed by atoms with E-state index in [2.05, 4.69) is 25.4 Å². The van der Waals surface area contributed by atoms with Gasteiger partial charge in [-0.1, -0.05) is 22.0 Å². The molecule has 0 aliphatic carbocycles. The molecule has 0 aliphatic heterocycles. The highest BCUT2D eigenvalue weighted by molar-refractivity contribution is 9.10. The average Bonchev–Trinajstić information content (AvgIpc) is 2.37. The molecule has 6 nitrogen and oxygen atoms in total. The van der Waals surface area contributed by atoms with E-state index in [-0.39, 0.29) is 4.90 Å². The van der Waals surface area contributed by atoms with Gasteiger partial charge in [0, 0.05) is 4.47 Å². The summed E-state index contributed by atoms with van der Waals surface area (Å²) in [5.74, 6) is -0.848. The zero-order valence-electron chi connectivity index (χ0n) is 10.4. The first-order valence-electron chi connectivity index (χ1n) is 5.29. The van der Waals surface area contributed by atoms with Crippen LogP contribution in [-0.4, -0.2) is 39.3 Å². The van der Waals surface area contributed by atoms with Crippen LogP contribution in [0.25, 0.3) is 0 Å². The Labute approximate surface area is 120 Å². The second-order valence-corrected chi connectivity index (χ2v) is 6.39. The average molecular weight is 352 g/mol. The van der Waals surface area contributed by atoms with E-state index in [9.17, 15) is 13.2 Å². The highest BCUT2D eigenvalue weighted by Crippen LogP contribution is 2.20. The van der Waals surface area contributed by atoms with Crippen LogP contribution in [0.2, 0.25) is 0 Å². The molecule has 19 heavy (non-hydrogen) atoms. The van der Waals surface area contributed by atoms with Gasteiger partial charge >= 0.3 is 5.97 Å². The number of benzene rings is 1. The number of rotatable bonds is 5. The van der Waals surface area contributed by atoms with Gasteiger partial charge in [0.25, 0.3) is 0 Å². The molecule has 1 aromatic carbocycles. The molecule has 1 atom stereocenters. The molecular formula is C11H14BrNO5S. The van der Waals surface area contributed by atoms with Gasteiger partial charge in [-0.15, -0.1) is 0 Å². The third kappa shape index (κ3) is 4.00. The number of aliphatic hydroxyl groups excluding tert-OH is 1. The maximum Gasteiger partial charge on any atom is 0.326 e. The first-order chi connectivity index (χ1) is 8.81. The fraction of sp³-hybridized carbons (Fsp3) is 0.364. The summed E-state index contributed by atoms with van der Waals surface area (Å²) in [4.78, 5) is 11.3. The van der Waals surface area contributed by atoms with Gasteiger partial charge in [0.1, 0.15) is 6.04 Å². The molecule has 8 heteroatoms. The fourth-order valence-electron chi connectivity index (χ4n) is 1.42. The van der Waals surface area contributed by atoms with Crippen LogP contribution in [0.5, 0.6) is 0 Å². The third-order valence-corrected chi connectivity index (χ3v) is 4.51. The summed E-state index contributed by atoms with van der Waals surface area (Å²) in [6.45, 7) is 0.950. The number of aryl methyl sites for hydroxylation is 1. The molecule has 0 saturated carbocycles. The Hall–Kier alpha value is -0.960. The minimum atomic E-state index is -3.92. The van der Waals surface area contributed by atoms with Crippen LogP contribution in [0, 0.1) is 6.92 Å². The minimum Gasteiger partial charge on any atom is -0.468 e. The van der Waals surface area contributed by atoms with Crippen molar-refractivity contribution in [2.24, 2.45) is 0 Å². The molecule has 0 heterocycles. The van der Waals surface area contributed by atoms with Crippen molar-refractivity contribution in [3.05, 3.63) is 28.2 Å². The zero-order chi connectivity index (χ0) is 14.6. The van der Waals surface area contributed by atoms with Crippen LogP contribution in [0.1, 0.15) is 5.56 Å². The number of hydrogen-bond acceptors (Lipinski definition) is 5. The monoisotopic (exact) mass is 351 g/mol. The summed E-state index contributed by atoms with van der Waals surface area (Å²) < 4.78 is 31.4. The molecule has 0 fully saturated rings. The number of esters is 1. The van der Waals surface area contributed by atoms with E-state index in [1.54, 1.807) is 19.1 Å².